The largest absolute Gasteiger partial charge is 0.348 e. The number of pyridine rings is 1. The molecule has 1 atom stereocenters. The third-order valence-electron chi connectivity index (χ3n) is 2.13. The van der Waals surface area contributed by atoms with E-state index in [9.17, 15) is 9.59 Å². The number of hydrogen-bond acceptors (Lipinski definition) is 2. The van der Waals surface area contributed by atoms with Crippen LogP contribution in [0.1, 0.15) is 6.42 Å². The highest BCUT2D eigenvalue weighted by atomic mass is 79.9. The first-order valence-corrected chi connectivity index (χ1v) is 5.21. The van der Waals surface area contributed by atoms with Crippen molar-refractivity contribution in [1.82, 2.24) is 4.98 Å². The van der Waals surface area contributed by atoms with Crippen LogP contribution >= 0.6 is 15.9 Å². The Morgan fingerprint density at radius 1 is 1.50 bits per heavy atom. The van der Waals surface area contributed by atoms with Gasteiger partial charge in [-0.15, -0.1) is 0 Å². The molecule has 1 unspecified atom stereocenters. The Morgan fingerprint density at radius 2 is 2.29 bits per heavy atom. The average Bonchev–Trinajstić information content (AvgIpc) is 2.45. The van der Waals surface area contributed by atoms with Gasteiger partial charge in [-0.1, -0.05) is 15.9 Å². The second-order valence-electron chi connectivity index (χ2n) is 3.22. The lowest BCUT2D eigenvalue weighted by molar-refractivity contribution is -0.117. The van der Waals surface area contributed by atoms with E-state index in [0.717, 1.165) is 0 Å². The number of carbonyl (C=O) groups excluding carboxylic acids is 1. The Morgan fingerprint density at radius 3 is 2.86 bits per heavy atom. The standard InChI is InChI=1S/C9H9BrN2O2/c10-6-3-9(14)12(5-6)8-4-7(13)1-2-11-8/h1-2,4,6H,3,5H2,(H,11,13). The number of nitrogens with zero attached hydrogens (tertiary/aromatic N) is 1. The van der Waals surface area contributed by atoms with Gasteiger partial charge < -0.3 is 4.98 Å². The van der Waals surface area contributed by atoms with E-state index in [1.165, 1.54) is 12.1 Å². The highest BCUT2D eigenvalue weighted by Gasteiger charge is 2.29. The smallest absolute Gasteiger partial charge is 0.229 e. The zero-order chi connectivity index (χ0) is 10.1. The molecule has 4 nitrogen and oxygen atoms in total. The lowest BCUT2D eigenvalue weighted by Gasteiger charge is -2.14. The predicted molar refractivity (Wildman–Crippen MR) is 56.7 cm³/mol. The first-order chi connectivity index (χ1) is 6.66. The number of hydrogen-bond donors (Lipinski definition) is 1. The zero-order valence-corrected chi connectivity index (χ0v) is 8.95. The average molecular weight is 257 g/mol. The van der Waals surface area contributed by atoms with Gasteiger partial charge in [0, 0.05) is 36.1 Å². The molecule has 0 aromatic carbocycles. The van der Waals surface area contributed by atoms with Crippen molar-refractivity contribution in [3.8, 4) is 0 Å². The van der Waals surface area contributed by atoms with Crippen LogP contribution in [0.2, 0.25) is 0 Å². The van der Waals surface area contributed by atoms with Crippen LogP contribution in [0, 0.1) is 0 Å². The van der Waals surface area contributed by atoms with Gasteiger partial charge >= 0.3 is 0 Å². The minimum Gasteiger partial charge on any atom is -0.348 e. The Balaban J connectivity index is 2.32. The zero-order valence-electron chi connectivity index (χ0n) is 7.37. The lowest BCUT2D eigenvalue weighted by Crippen LogP contribution is -2.26. The van der Waals surface area contributed by atoms with E-state index < -0.39 is 0 Å². The third-order valence-corrected chi connectivity index (χ3v) is 2.74. The number of nitrogens with one attached hydrogen (secondary N) is 1. The molecule has 0 radical (unpaired) electrons. The number of aromatic amines is 1. The van der Waals surface area contributed by atoms with Gasteiger partial charge in [-0.05, 0) is 0 Å². The van der Waals surface area contributed by atoms with E-state index in [0.29, 0.717) is 18.8 Å². The number of aromatic nitrogens is 1. The maximum absolute atomic E-state index is 11.5. The molecule has 74 valence electrons. The maximum atomic E-state index is 11.5. The first-order valence-electron chi connectivity index (χ1n) is 4.30. The van der Waals surface area contributed by atoms with Crippen LogP contribution in [-0.4, -0.2) is 22.3 Å². The molecule has 5 heteroatoms. The van der Waals surface area contributed by atoms with E-state index in [4.69, 9.17) is 0 Å². The molecular formula is C9H9BrN2O2. The van der Waals surface area contributed by atoms with E-state index in [2.05, 4.69) is 20.9 Å². The predicted octanol–water partition coefficient (Wildman–Crippen LogP) is 0.875. The fraction of sp³-hybridized carbons (Fsp3) is 0.333. The van der Waals surface area contributed by atoms with Crippen molar-refractivity contribution in [2.24, 2.45) is 0 Å². The number of H-pyrrole nitrogens is 1. The van der Waals surface area contributed by atoms with Gasteiger partial charge in [0.2, 0.25) is 5.91 Å². The fourth-order valence-electron chi connectivity index (χ4n) is 1.49. The van der Waals surface area contributed by atoms with Gasteiger partial charge in [0.25, 0.3) is 0 Å². The van der Waals surface area contributed by atoms with E-state index in [1.54, 1.807) is 11.1 Å². The molecule has 2 heterocycles. The fourth-order valence-corrected chi connectivity index (χ4v) is 2.05. The first kappa shape index (κ1) is 9.45. The molecule has 0 bridgehead atoms. The van der Waals surface area contributed by atoms with Gasteiger partial charge in [-0.3, -0.25) is 14.5 Å². The van der Waals surface area contributed by atoms with Gasteiger partial charge in [-0.2, -0.15) is 0 Å². The maximum Gasteiger partial charge on any atom is 0.229 e. The summed E-state index contributed by atoms with van der Waals surface area (Å²) in [6, 6.07) is 2.86. The highest BCUT2D eigenvalue weighted by molar-refractivity contribution is 9.09. The molecule has 1 amide bonds. The summed E-state index contributed by atoms with van der Waals surface area (Å²) in [6.45, 7) is 0.610. The Kier molecular flexibility index (Phi) is 2.41. The number of carbonyl (C=O) groups is 1. The van der Waals surface area contributed by atoms with E-state index in [1.807, 2.05) is 0 Å². The molecule has 1 aromatic rings. The molecule has 1 N–H and O–H groups in total. The van der Waals surface area contributed by atoms with Crippen LogP contribution in [0.3, 0.4) is 0 Å². The van der Waals surface area contributed by atoms with Crippen molar-refractivity contribution >= 4 is 27.7 Å². The van der Waals surface area contributed by atoms with Crippen LogP contribution < -0.4 is 10.3 Å². The Hall–Kier alpha value is -1.10. The van der Waals surface area contributed by atoms with Gasteiger partial charge in [0.1, 0.15) is 5.82 Å². The number of amides is 1. The van der Waals surface area contributed by atoms with Crippen LogP contribution in [0.5, 0.6) is 0 Å². The second-order valence-corrected chi connectivity index (χ2v) is 4.51. The number of rotatable bonds is 1. The van der Waals surface area contributed by atoms with E-state index in [-0.39, 0.29) is 16.2 Å². The van der Waals surface area contributed by atoms with Gasteiger partial charge in [0.15, 0.2) is 5.43 Å². The minimum atomic E-state index is -0.0930. The summed E-state index contributed by atoms with van der Waals surface area (Å²) in [5.74, 6) is 0.609. The normalized spacial score (nSPS) is 21.6. The van der Waals surface area contributed by atoms with Crippen molar-refractivity contribution in [3.05, 3.63) is 28.6 Å². The molecule has 1 aliphatic rings. The molecule has 0 spiro atoms. The number of alkyl halides is 1. The quantitative estimate of drug-likeness (QED) is 0.759. The minimum absolute atomic E-state index is 0.0359. The molecule has 1 aliphatic heterocycles. The van der Waals surface area contributed by atoms with Crippen molar-refractivity contribution in [3.63, 3.8) is 0 Å². The van der Waals surface area contributed by atoms with E-state index >= 15 is 0 Å². The molecule has 1 aromatic heterocycles. The molecular weight excluding hydrogens is 248 g/mol. The summed E-state index contributed by atoms with van der Waals surface area (Å²) in [4.78, 5) is 27.2. The molecule has 14 heavy (non-hydrogen) atoms. The summed E-state index contributed by atoms with van der Waals surface area (Å²) < 4.78 is 0. The van der Waals surface area contributed by atoms with Gasteiger partial charge in [0.05, 0.1) is 0 Å². The number of halogens is 1. The third kappa shape index (κ3) is 1.72. The Labute approximate surface area is 89.1 Å². The lowest BCUT2D eigenvalue weighted by atomic mass is 10.4. The van der Waals surface area contributed by atoms with Crippen molar-refractivity contribution < 1.29 is 4.79 Å². The van der Waals surface area contributed by atoms with Crippen LogP contribution in [0.15, 0.2) is 23.1 Å². The highest BCUT2D eigenvalue weighted by Crippen LogP contribution is 2.22. The van der Waals surface area contributed by atoms with Crippen molar-refractivity contribution in [2.45, 2.75) is 11.2 Å². The summed E-state index contributed by atoms with van der Waals surface area (Å²) in [6.07, 6.45) is 2.03. The van der Waals surface area contributed by atoms with Crippen molar-refractivity contribution in [1.29, 1.82) is 0 Å². The molecule has 1 fully saturated rings. The summed E-state index contributed by atoms with van der Waals surface area (Å²) >= 11 is 3.38. The SMILES string of the molecule is O=C1CC(Br)CN1c1cc(=O)cc[nH]1. The topological polar surface area (TPSA) is 53.2 Å². The Bertz CT molecular complexity index is 415. The van der Waals surface area contributed by atoms with Crippen molar-refractivity contribution in [2.75, 3.05) is 11.4 Å². The second kappa shape index (κ2) is 3.57. The molecule has 0 aliphatic carbocycles. The molecule has 0 saturated carbocycles. The van der Waals surface area contributed by atoms with Gasteiger partial charge in [-0.25, -0.2) is 0 Å². The van der Waals surface area contributed by atoms with Crippen LogP contribution in [0.25, 0.3) is 0 Å². The van der Waals surface area contributed by atoms with Crippen LogP contribution in [0.4, 0.5) is 5.82 Å². The molecule has 1 saturated heterocycles. The monoisotopic (exact) mass is 256 g/mol. The summed E-state index contributed by atoms with van der Waals surface area (Å²) in [5.41, 5.74) is -0.0930. The molecule has 2 rings (SSSR count). The van der Waals surface area contributed by atoms with Crippen LogP contribution in [-0.2, 0) is 4.79 Å². The summed E-state index contributed by atoms with van der Waals surface area (Å²) in [5, 5.41) is 0. The number of anilines is 1. The summed E-state index contributed by atoms with van der Waals surface area (Å²) in [7, 11) is 0.